The topological polar surface area (TPSA) is 61.0 Å². The summed E-state index contributed by atoms with van der Waals surface area (Å²) in [5.74, 6) is 0.915. The molecule has 1 heterocycles. The Labute approximate surface area is 97.2 Å². The fourth-order valence-corrected chi connectivity index (χ4v) is 1.54. The van der Waals surface area contributed by atoms with Crippen LogP contribution in [-0.2, 0) is 0 Å². The van der Waals surface area contributed by atoms with Crippen molar-refractivity contribution >= 4 is 5.82 Å². The summed E-state index contributed by atoms with van der Waals surface area (Å²) in [5.41, 5.74) is 5.52. The number of nitrogen functional groups attached to an aromatic ring is 1. The van der Waals surface area contributed by atoms with E-state index in [-0.39, 0.29) is 6.10 Å². The monoisotopic (exact) mass is 223 g/mol. The van der Waals surface area contributed by atoms with Gasteiger partial charge in [0.1, 0.15) is 5.82 Å². The van der Waals surface area contributed by atoms with Crippen molar-refractivity contribution in [2.75, 3.05) is 5.73 Å². The molecule has 0 aliphatic carbocycles. The Kier molecular flexibility index (Phi) is 5.61. The van der Waals surface area contributed by atoms with Crippen molar-refractivity contribution in [2.24, 2.45) is 0 Å². The maximum absolute atomic E-state index is 5.62. The largest absolute Gasteiger partial charge is 0.474 e. The summed E-state index contributed by atoms with van der Waals surface area (Å²) in [6.07, 6.45) is 9.36. The Hall–Kier alpha value is -1.32. The Balaban J connectivity index is 2.25. The third-order valence-corrected chi connectivity index (χ3v) is 2.42. The minimum atomic E-state index is 0.174. The normalized spacial score (nSPS) is 12.4. The molecule has 0 bridgehead atoms. The van der Waals surface area contributed by atoms with Crippen LogP contribution >= 0.6 is 0 Å². The van der Waals surface area contributed by atoms with Crippen LogP contribution in [0.5, 0.6) is 5.88 Å². The second kappa shape index (κ2) is 7.04. The Morgan fingerprint density at radius 3 is 2.81 bits per heavy atom. The van der Waals surface area contributed by atoms with Crippen molar-refractivity contribution in [3.8, 4) is 5.88 Å². The highest BCUT2D eigenvalue weighted by atomic mass is 16.5. The number of nitrogens with two attached hydrogens (primary N) is 1. The predicted octanol–water partition coefficient (Wildman–Crippen LogP) is 2.80. The van der Waals surface area contributed by atoms with Crippen molar-refractivity contribution in [2.45, 2.75) is 52.1 Å². The van der Waals surface area contributed by atoms with E-state index in [0.717, 1.165) is 6.42 Å². The third kappa shape index (κ3) is 4.96. The molecular formula is C12H21N3O. The molecule has 0 fully saturated rings. The molecule has 0 aliphatic rings. The van der Waals surface area contributed by atoms with Crippen molar-refractivity contribution in [1.82, 2.24) is 9.97 Å². The van der Waals surface area contributed by atoms with Gasteiger partial charge in [-0.05, 0) is 19.8 Å². The van der Waals surface area contributed by atoms with Crippen molar-refractivity contribution < 1.29 is 4.74 Å². The molecular weight excluding hydrogens is 202 g/mol. The Morgan fingerprint density at radius 1 is 1.31 bits per heavy atom. The highest BCUT2D eigenvalue weighted by molar-refractivity contribution is 5.26. The van der Waals surface area contributed by atoms with Crippen LogP contribution in [0.25, 0.3) is 0 Å². The van der Waals surface area contributed by atoms with Gasteiger partial charge in [0.15, 0.2) is 0 Å². The lowest BCUT2D eigenvalue weighted by Gasteiger charge is -2.13. The quantitative estimate of drug-likeness (QED) is 0.722. The molecule has 0 saturated carbocycles. The first kappa shape index (κ1) is 12.7. The molecule has 4 nitrogen and oxygen atoms in total. The van der Waals surface area contributed by atoms with E-state index < -0.39 is 0 Å². The molecule has 1 atom stereocenters. The number of rotatable bonds is 7. The van der Waals surface area contributed by atoms with E-state index in [0.29, 0.717) is 11.7 Å². The standard InChI is InChI=1S/C12H21N3O/c1-3-4-5-6-7-10(2)16-12-9-14-8-11(13)15-12/h8-10H,3-7H2,1-2H3,(H2,13,15). The molecule has 0 aromatic carbocycles. The van der Waals surface area contributed by atoms with E-state index in [1.807, 2.05) is 0 Å². The van der Waals surface area contributed by atoms with Crippen LogP contribution in [0.15, 0.2) is 12.4 Å². The summed E-state index contributed by atoms with van der Waals surface area (Å²) in [6, 6.07) is 0. The van der Waals surface area contributed by atoms with Gasteiger partial charge in [0, 0.05) is 0 Å². The van der Waals surface area contributed by atoms with Crippen LogP contribution in [0.1, 0.15) is 46.0 Å². The van der Waals surface area contributed by atoms with E-state index in [1.54, 1.807) is 6.20 Å². The molecule has 16 heavy (non-hydrogen) atoms. The molecule has 2 N–H and O–H groups in total. The van der Waals surface area contributed by atoms with E-state index in [4.69, 9.17) is 10.5 Å². The van der Waals surface area contributed by atoms with E-state index in [9.17, 15) is 0 Å². The second-order valence-electron chi connectivity index (χ2n) is 4.06. The van der Waals surface area contributed by atoms with Gasteiger partial charge in [-0.3, -0.25) is 4.98 Å². The fraction of sp³-hybridized carbons (Fsp3) is 0.667. The summed E-state index contributed by atoms with van der Waals surface area (Å²) in [5, 5.41) is 0. The molecule has 1 aromatic rings. The first-order valence-electron chi connectivity index (χ1n) is 5.96. The van der Waals surface area contributed by atoms with Crippen LogP contribution in [0, 0.1) is 0 Å². The van der Waals surface area contributed by atoms with Gasteiger partial charge in [0.25, 0.3) is 0 Å². The van der Waals surface area contributed by atoms with Crippen LogP contribution < -0.4 is 10.5 Å². The van der Waals surface area contributed by atoms with Crippen molar-refractivity contribution in [1.29, 1.82) is 0 Å². The van der Waals surface area contributed by atoms with Crippen LogP contribution in [0.2, 0.25) is 0 Å². The number of hydrogen-bond donors (Lipinski definition) is 1. The van der Waals surface area contributed by atoms with Gasteiger partial charge >= 0.3 is 0 Å². The summed E-state index contributed by atoms with van der Waals surface area (Å²) >= 11 is 0. The first-order valence-corrected chi connectivity index (χ1v) is 5.96. The smallest absolute Gasteiger partial charge is 0.234 e. The maximum Gasteiger partial charge on any atom is 0.234 e. The molecule has 0 radical (unpaired) electrons. The SMILES string of the molecule is CCCCCCC(C)Oc1cncc(N)n1. The minimum Gasteiger partial charge on any atom is -0.474 e. The summed E-state index contributed by atoms with van der Waals surface area (Å²) < 4.78 is 5.62. The molecule has 1 rings (SSSR count). The zero-order chi connectivity index (χ0) is 11.8. The Bertz CT molecular complexity index is 304. The van der Waals surface area contributed by atoms with Gasteiger partial charge in [0.05, 0.1) is 18.5 Å². The van der Waals surface area contributed by atoms with Crippen LogP contribution in [0.4, 0.5) is 5.82 Å². The first-order chi connectivity index (χ1) is 7.72. The molecule has 1 aromatic heterocycles. The van der Waals surface area contributed by atoms with E-state index in [1.165, 1.54) is 31.9 Å². The second-order valence-corrected chi connectivity index (χ2v) is 4.06. The molecule has 0 spiro atoms. The fourth-order valence-electron chi connectivity index (χ4n) is 1.54. The Morgan fingerprint density at radius 2 is 2.12 bits per heavy atom. The molecule has 1 unspecified atom stereocenters. The number of aromatic nitrogens is 2. The van der Waals surface area contributed by atoms with Crippen molar-refractivity contribution in [3.63, 3.8) is 0 Å². The number of nitrogens with zero attached hydrogens (tertiary/aromatic N) is 2. The van der Waals surface area contributed by atoms with Crippen LogP contribution in [-0.4, -0.2) is 16.1 Å². The predicted molar refractivity (Wildman–Crippen MR) is 65.3 cm³/mol. The van der Waals surface area contributed by atoms with Gasteiger partial charge < -0.3 is 10.5 Å². The maximum atomic E-state index is 5.62. The molecule has 0 amide bonds. The lowest BCUT2D eigenvalue weighted by molar-refractivity contribution is 0.197. The lowest BCUT2D eigenvalue weighted by atomic mass is 10.1. The number of unbranched alkanes of at least 4 members (excludes halogenated alkanes) is 3. The molecule has 90 valence electrons. The average molecular weight is 223 g/mol. The van der Waals surface area contributed by atoms with Crippen LogP contribution in [0.3, 0.4) is 0 Å². The van der Waals surface area contributed by atoms with E-state index in [2.05, 4.69) is 23.8 Å². The summed E-state index contributed by atoms with van der Waals surface area (Å²) in [4.78, 5) is 7.99. The zero-order valence-corrected chi connectivity index (χ0v) is 10.1. The van der Waals surface area contributed by atoms with Gasteiger partial charge in [-0.15, -0.1) is 0 Å². The number of anilines is 1. The average Bonchev–Trinajstić information content (AvgIpc) is 2.24. The van der Waals surface area contributed by atoms with Gasteiger partial charge in [-0.2, -0.15) is 4.98 Å². The van der Waals surface area contributed by atoms with E-state index >= 15 is 0 Å². The lowest BCUT2D eigenvalue weighted by Crippen LogP contribution is -2.13. The highest BCUT2D eigenvalue weighted by Crippen LogP contribution is 2.12. The summed E-state index contributed by atoms with van der Waals surface area (Å²) in [6.45, 7) is 4.26. The minimum absolute atomic E-state index is 0.174. The van der Waals surface area contributed by atoms with Gasteiger partial charge in [-0.25, -0.2) is 0 Å². The molecule has 4 heteroatoms. The van der Waals surface area contributed by atoms with Gasteiger partial charge in [-0.1, -0.05) is 26.2 Å². The zero-order valence-electron chi connectivity index (χ0n) is 10.1. The number of ether oxygens (including phenoxy) is 1. The number of hydrogen-bond acceptors (Lipinski definition) is 4. The summed E-state index contributed by atoms with van der Waals surface area (Å²) in [7, 11) is 0. The highest BCUT2D eigenvalue weighted by Gasteiger charge is 2.05. The molecule has 0 saturated heterocycles. The van der Waals surface area contributed by atoms with Crippen molar-refractivity contribution in [3.05, 3.63) is 12.4 Å². The molecule has 0 aliphatic heterocycles. The third-order valence-electron chi connectivity index (χ3n) is 2.42. The van der Waals surface area contributed by atoms with Gasteiger partial charge in [0.2, 0.25) is 5.88 Å².